The monoisotopic (exact) mass is 798 g/mol. The van der Waals surface area contributed by atoms with Crippen LogP contribution in [0.2, 0.25) is 0 Å². The average Bonchev–Trinajstić information content (AvgIpc) is 3.00. The highest BCUT2D eigenvalue weighted by Crippen LogP contribution is 2.45. The topological polar surface area (TPSA) is 93.2 Å². The minimum atomic E-state index is -4.90. The Balaban J connectivity index is 1.22. The molecule has 0 amide bonds. The highest BCUT2D eigenvalue weighted by atomic mass is 32.2. The molecule has 0 N–H and O–H groups in total. The van der Waals surface area contributed by atoms with Gasteiger partial charge < -0.3 is 9.47 Å². The molecule has 2 unspecified atom stereocenters. The molecule has 2 spiro atoms. The van der Waals surface area contributed by atoms with Gasteiger partial charge in [0.15, 0.2) is 9.84 Å². The summed E-state index contributed by atoms with van der Waals surface area (Å²) in [7, 11) is -6.11. The van der Waals surface area contributed by atoms with E-state index in [0.29, 0.717) is 70.5 Å². The number of piperidine rings is 1. The molecule has 53 heavy (non-hydrogen) atoms. The van der Waals surface area contributed by atoms with Crippen LogP contribution in [0.5, 0.6) is 11.5 Å². The molecule has 17 heteroatoms. The third kappa shape index (κ3) is 9.61. The maximum Gasteiger partial charge on any atom is 0.419 e. The summed E-state index contributed by atoms with van der Waals surface area (Å²) in [4.78, 5) is 4.23. The molecule has 2 atom stereocenters. The second-order valence-corrected chi connectivity index (χ2v) is 20.7. The van der Waals surface area contributed by atoms with Crippen LogP contribution in [0.25, 0.3) is 0 Å². The summed E-state index contributed by atoms with van der Waals surface area (Å²) in [5.41, 5.74) is -4.82. The number of alkyl halides is 6. The van der Waals surface area contributed by atoms with Crippen LogP contribution >= 0.6 is 0 Å². The lowest BCUT2D eigenvalue weighted by atomic mass is 9.74. The highest BCUT2D eigenvalue weighted by Gasteiger charge is 2.51. The first-order chi connectivity index (χ1) is 24.4. The van der Waals surface area contributed by atoms with Gasteiger partial charge in [0.25, 0.3) is 0 Å². The van der Waals surface area contributed by atoms with Crippen LogP contribution in [0.15, 0.2) is 42.5 Å². The fraction of sp³-hybridized carbons (Fsp3) is 0.667. The molecule has 4 fully saturated rings. The average molecular weight is 799 g/mol. The lowest BCUT2D eigenvalue weighted by Crippen LogP contribution is -2.62. The Labute approximate surface area is 305 Å². The molecular formula is C36H45F7N2O6S2. The van der Waals surface area contributed by atoms with Crippen molar-refractivity contribution in [3.8, 4) is 11.5 Å². The normalized spacial score (nSPS) is 24.8. The maximum absolute atomic E-state index is 14.7. The molecule has 8 nitrogen and oxygen atoms in total. The predicted octanol–water partition coefficient (Wildman–Crippen LogP) is 6.64. The van der Waals surface area contributed by atoms with Crippen molar-refractivity contribution in [3.05, 3.63) is 59.4 Å². The van der Waals surface area contributed by atoms with Crippen LogP contribution < -0.4 is 9.47 Å². The summed E-state index contributed by atoms with van der Waals surface area (Å²) >= 11 is 0. The van der Waals surface area contributed by atoms with Crippen molar-refractivity contribution < 1.29 is 57.0 Å². The quantitative estimate of drug-likeness (QED) is 0.234. The lowest BCUT2D eigenvalue weighted by Gasteiger charge is -2.54. The van der Waals surface area contributed by atoms with Gasteiger partial charge in [-0.15, -0.1) is 0 Å². The van der Waals surface area contributed by atoms with Gasteiger partial charge in [-0.25, -0.2) is 21.2 Å². The van der Waals surface area contributed by atoms with E-state index in [1.807, 2.05) is 6.92 Å². The van der Waals surface area contributed by atoms with Crippen molar-refractivity contribution in [2.75, 3.05) is 62.3 Å². The Morgan fingerprint density at radius 1 is 0.660 bits per heavy atom. The zero-order valence-electron chi connectivity index (χ0n) is 29.7. The van der Waals surface area contributed by atoms with E-state index in [9.17, 15) is 47.6 Å². The Bertz CT molecular complexity index is 1840. The summed E-state index contributed by atoms with van der Waals surface area (Å²) in [5.74, 6) is -0.884. The SMILES string of the molecule is CC(CCC(C)(CN1CC2(CCS(=O)(=O)CC2)C1)Oc1ccc(C(F)(F)F)cc1)(CN1CCC2(CC1)CS(=O)(=O)C2)Oc1ccc(C(F)(F)F)c(F)c1. The van der Waals surface area contributed by atoms with Crippen molar-refractivity contribution in [1.82, 2.24) is 9.80 Å². The van der Waals surface area contributed by atoms with E-state index in [0.717, 1.165) is 18.2 Å². The van der Waals surface area contributed by atoms with E-state index < -0.39 is 60.2 Å². The van der Waals surface area contributed by atoms with Crippen molar-refractivity contribution in [2.45, 2.75) is 75.9 Å². The summed E-state index contributed by atoms with van der Waals surface area (Å²) in [6.07, 6.45) is -6.57. The first-order valence-electron chi connectivity index (χ1n) is 17.7. The van der Waals surface area contributed by atoms with Crippen LogP contribution in [-0.2, 0) is 32.0 Å². The molecular weight excluding hydrogens is 754 g/mol. The van der Waals surface area contributed by atoms with E-state index in [2.05, 4.69) is 9.80 Å². The molecule has 4 aliphatic heterocycles. The van der Waals surface area contributed by atoms with Crippen LogP contribution in [0, 0.1) is 16.6 Å². The standard InChI is InChI=1S/C36H45F7N2O6S2/c1-31(51-28-7-8-29(30(37)19-28)36(41,42)43,20-44-15-11-34(12-16-44)24-53(48,49)25-34)9-10-32(2,50-27-5-3-26(4-6-27)35(38,39)40)21-45-22-33(23-45)13-17-52(46,47)18-14-33/h3-8,19H,9-18,20-25H2,1-2H3. The van der Waals surface area contributed by atoms with Crippen molar-refractivity contribution in [1.29, 1.82) is 0 Å². The third-order valence-electron chi connectivity index (χ3n) is 11.4. The minimum Gasteiger partial charge on any atom is -0.486 e. The molecule has 0 aliphatic carbocycles. The number of hydrogen-bond donors (Lipinski definition) is 0. The molecule has 0 bridgehead atoms. The fourth-order valence-electron chi connectivity index (χ4n) is 8.54. The zero-order chi connectivity index (χ0) is 38.7. The molecule has 2 aromatic rings. The van der Waals surface area contributed by atoms with Gasteiger partial charge in [-0.2, -0.15) is 26.3 Å². The van der Waals surface area contributed by atoms with Gasteiger partial charge in [0.05, 0.1) is 34.1 Å². The van der Waals surface area contributed by atoms with Gasteiger partial charge in [0.1, 0.15) is 38.4 Å². The number of benzene rings is 2. The van der Waals surface area contributed by atoms with Crippen molar-refractivity contribution in [3.63, 3.8) is 0 Å². The summed E-state index contributed by atoms with van der Waals surface area (Å²) < 4.78 is 156. The molecule has 0 saturated carbocycles. The third-order valence-corrected chi connectivity index (χ3v) is 15.2. The molecule has 4 heterocycles. The minimum absolute atomic E-state index is 0.112. The number of halogens is 7. The van der Waals surface area contributed by atoms with E-state index in [1.54, 1.807) is 6.92 Å². The molecule has 296 valence electrons. The van der Waals surface area contributed by atoms with Crippen molar-refractivity contribution >= 4 is 19.7 Å². The molecule has 0 aromatic heterocycles. The van der Waals surface area contributed by atoms with Gasteiger partial charge in [0.2, 0.25) is 0 Å². The van der Waals surface area contributed by atoms with E-state index in [4.69, 9.17) is 9.47 Å². The largest absolute Gasteiger partial charge is 0.486 e. The smallest absolute Gasteiger partial charge is 0.419 e. The van der Waals surface area contributed by atoms with Gasteiger partial charge in [0, 0.05) is 37.7 Å². The van der Waals surface area contributed by atoms with Gasteiger partial charge in [-0.3, -0.25) is 9.80 Å². The Morgan fingerprint density at radius 3 is 1.66 bits per heavy atom. The molecule has 4 saturated heterocycles. The number of hydrogen-bond acceptors (Lipinski definition) is 8. The zero-order valence-corrected chi connectivity index (χ0v) is 31.3. The fourth-order valence-corrected chi connectivity index (χ4v) is 12.6. The predicted molar refractivity (Wildman–Crippen MR) is 184 cm³/mol. The van der Waals surface area contributed by atoms with Crippen LogP contribution in [0.4, 0.5) is 30.7 Å². The van der Waals surface area contributed by atoms with Gasteiger partial charge >= 0.3 is 12.4 Å². The molecule has 4 aliphatic rings. The van der Waals surface area contributed by atoms with Crippen molar-refractivity contribution in [2.24, 2.45) is 10.8 Å². The first kappa shape index (κ1) is 40.0. The first-order valence-corrected chi connectivity index (χ1v) is 21.3. The van der Waals surface area contributed by atoms with Crippen LogP contribution in [0.1, 0.15) is 63.5 Å². The molecule has 6 rings (SSSR count). The van der Waals surface area contributed by atoms with Crippen LogP contribution in [-0.4, -0.2) is 100 Å². The number of rotatable bonds is 11. The Kier molecular flexibility index (Phi) is 10.5. The number of ether oxygens (including phenoxy) is 2. The summed E-state index contributed by atoms with van der Waals surface area (Å²) in [6.45, 7) is 6.56. The number of sulfone groups is 2. The molecule has 2 aromatic carbocycles. The van der Waals surface area contributed by atoms with Gasteiger partial charge in [-0.05, 0) is 107 Å². The molecule has 0 radical (unpaired) electrons. The second-order valence-electron chi connectivity index (χ2n) is 16.4. The number of nitrogens with zero attached hydrogens (tertiary/aromatic N) is 2. The summed E-state index contributed by atoms with van der Waals surface area (Å²) in [6, 6.07) is 6.75. The second kappa shape index (κ2) is 13.8. The van der Waals surface area contributed by atoms with E-state index >= 15 is 0 Å². The summed E-state index contributed by atoms with van der Waals surface area (Å²) in [5, 5.41) is 0. The highest BCUT2D eigenvalue weighted by molar-refractivity contribution is 7.92. The maximum atomic E-state index is 14.7. The lowest BCUT2D eigenvalue weighted by molar-refractivity contribution is -0.140. The number of likely N-dealkylation sites (tertiary alicyclic amines) is 2. The Morgan fingerprint density at radius 2 is 1.17 bits per heavy atom. The Hall–Kier alpha value is -2.63. The van der Waals surface area contributed by atoms with E-state index in [1.165, 1.54) is 12.1 Å². The van der Waals surface area contributed by atoms with Gasteiger partial charge in [-0.1, -0.05) is 0 Å². The van der Waals surface area contributed by atoms with Crippen LogP contribution in [0.3, 0.4) is 0 Å². The van der Waals surface area contributed by atoms with E-state index in [-0.39, 0.29) is 64.7 Å².